The lowest BCUT2D eigenvalue weighted by Crippen LogP contribution is -2.35. The van der Waals surface area contributed by atoms with E-state index < -0.39 is 28.3 Å². The highest BCUT2D eigenvalue weighted by molar-refractivity contribution is 7.89. The molecule has 0 heterocycles. The summed E-state index contributed by atoms with van der Waals surface area (Å²) in [4.78, 5) is 26.2. The van der Waals surface area contributed by atoms with Gasteiger partial charge in [-0.1, -0.05) is 29.8 Å². The van der Waals surface area contributed by atoms with Crippen LogP contribution in [0.3, 0.4) is 0 Å². The first-order valence-electron chi connectivity index (χ1n) is 8.56. The van der Waals surface area contributed by atoms with Crippen molar-refractivity contribution in [3.8, 4) is 6.07 Å². The molecular weight excluding hydrogens is 416 g/mol. The molecule has 9 heteroatoms. The van der Waals surface area contributed by atoms with Crippen LogP contribution >= 0.6 is 11.6 Å². The van der Waals surface area contributed by atoms with E-state index >= 15 is 0 Å². The van der Waals surface area contributed by atoms with Crippen molar-refractivity contribution < 1.29 is 22.7 Å². The lowest BCUT2D eigenvalue weighted by molar-refractivity contribution is -0.121. The molecule has 0 radical (unpaired) electrons. The van der Waals surface area contributed by atoms with Gasteiger partial charge in [-0.25, -0.2) is 13.2 Å². The molecular formula is C20H19ClN2O5S. The quantitative estimate of drug-likeness (QED) is 0.591. The molecule has 152 valence electrons. The van der Waals surface area contributed by atoms with Crippen molar-refractivity contribution in [2.45, 2.75) is 12.2 Å². The number of benzene rings is 2. The molecule has 0 aromatic heterocycles. The number of sulfone groups is 1. The first kappa shape index (κ1) is 22.4. The van der Waals surface area contributed by atoms with Crippen LogP contribution in [-0.4, -0.2) is 39.7 Å². The van der Waals surface area contributed by atoms with Crippen LogP contribution in [0.4, 0.5) is 5.69 Å². The summed E-state index contributed by atoms with van der Waals surface area (Å²) in [6.45, 7) is -0.413. The zero-order valence-electron chi connectivity index (χ0n) is 15.7. The summed E-state index contributed by atoms with van der Waals surface area (Å²) in [5.74, 6) is -1.47. The van der Waals surface area contributed by atoms with Crippen molar-refractivity contribution in [1.82, 2.24) is 0 Å². The third-order valence-electron chi connectivity index (χ3n) is 3.79. The number of hydrogen-bond donors (Lipinski definition) is 0. The highest BCUT2D eigenvalue weighted by Gasteiger charge is 2.19. The van der Waals surface area contributed by atoms with Crippen molar-refractivity contribution in [1.29, 1.82) is 5.26 Å². The molecule has 7 nitrogen and oxygen atoms in total. The van der Waals surface area contributed by atoms with Crippen LogP contribution in [0, 0.1) is 11.3 Å². The van der Waals surface area contributed by atoms with Gasteiger partial charge in [0.1, 0.15) is 0 Å². The molecule has 0 aliphatic carbocycles. The van der Waals surface area contributed by atoms with E-state index in [9.17, 15) is 18.0 Å². The van der Waals surface area contributed by atoms with Gasteiger partial charge >= 0.3 is 5.97 Å². The summed E-state index contributed by atoms with van der Waals surface area (Å²) < 4.78 is 27.9. The number of ether oxygens (including phenoxy) is 1. The Bertz CT molecular complexity index is 1050. The molecule has 29 heavy (non-hydrogen) atoms. The number of halogens is 1. The molecule has 2 rings (SSSR count). The molecule has 0 unspecified atom stereocenters. The van der Waals surface area contributed by atoms with Crippen molar-refractivity contribution in [3.63, 3.8) is 0 Å². The van der Waals surface area contributed by atoms with Crippen LogP contribution in [0.15, 0.2) is 48.5 Å². The third-order valence-corrected chi connectivity index (χ3v) is 4.88. The standard InChI is InChI=1S/C20H19ClN2O5S/c1-29(26,27)14-15-5-2-6-16(11-15)20(25)28-13-19(24)23(10-4-9-22)18-8-3-7-17(21)12-18/h2-3,5-8,11-12H,4,10,13-14H2,1H3. The Balaban J connectivity index is 2.08. The number of amides is 1. The lowest BCUT2D eigenvalue weighted by Gasteiger charge is -2.21. The minimum Gasteiger partial charge on any atom is -0.452 e. The second-order valence-electron chi connectivity index (χ2n) is 6.28. The number of anilines is 1. The van der Waals surface area contributed by atoms with Gasteiger partial charge in [0.2, 0.25) is 0 Å². The van der Waals surface area contributed by atoms with Gasteiger partial charge in [-0.2, -0.15) is 5.26 Å². The molecule has 0 aliphatic heterocycles. The number of rotatable bonds is 8. The molecule has 0 N–H and O–H groups in total. The van der Waals surface area contributed by atoms with Gasteiger partial charge < -0.3 is 9.64 Å². The third kappa shape index (κ3) is 7.22. The van der Waals surface area contributed by atoms with Crippen LogP contribution in [0.5, 0.6) is 0 Å². The van der Waals surface area contributed by atoms with E-state index in [-0.39, 0.29) is 24.3 Å². The minimum absolute atomic E-state index is 0.0970. The van der Waals surface area contributed by atoms with Crippen molar-refractivity contribution in [2.24, 2.45) is 0 Å². The Morgan fingerprint density at radius 1 is 1.17 bits per heavy atom. The second kappa shape index (κ2) is 10.0. The fraction of sp³-hybridized carbons (Fsp3) is 0.250. The van der Waals surface area contributed by atoms with Gasteiger partial charge in [0.15, 0.2) is 16.4 Å². The highest BCUT2D eigenvalue weighted by atomic mass is 35.5. The van der Waals surface area contributed by atoms with Gasteiger partial charge in [0, 0.05) is 23.5 Å². The first-order chi connectivity index (χ1) is 13.7. The first-order valence-corrected chi connectivity index (χ1v) is 11.0. The molecule has 0 saturated heterocycles. The zero-order valence-corrected chi connectivity index (χ0v) is 17.2. The number of nitrogens with zero attached hydrogens (tertiary/aromatic N) is 2. The summed E-state index contributed by atoms with van der Waals surface area (Å²) in [6.07, 6.45) is 1.20. The van der Waals surface area contributed by atoms with E-state index in [4.69, 9.17) is 21.6 Å². The number of hydrogen-bond acceptors (Lipinski definition) is 6. The Hall–Kier alpha value is -2.89. The van der Waals surface area contributed by atoms with Crippen molar-refractivity contribution in [3.05, 3.63) is 64.7 Å². The van der Waals surface area contributed by atoms with Crippen LogP contribution in [-0.2, 0) is 25.1 Å². The van der Waals surface area contributed by atoms with E-state index in [1.54, 1.807) is 36.4 Å². The number of carbonyl (C=O) groups is 2. The molecule has 2 aromatic rings. The Labute approximate surface area is 174 Å². The van der Waals surface area contributed by atoms with Crippen LogP contribution in [0.2, 0.25) is 5.02 Å². The average molecular weight is 435 g/mol. The number of carbonyl (C=O) groups excluding carboxylic acids is 2. The molecule has 0 saturated carbocycles. The lowest BCUT2D eigenvalue weighted by atomic mass is 10.1. The molecule has 1 amide bonds. The highest BCUT2D eigenvalue weighted by Crippen LogP contribution is 2.20. The summed E-state index contributed by atoms with van der Waals surface area (Å²) in [6, 6.07) is 14.6. The van der Waals surface area contributed by atoms with Gasteiger partial charge in [-0.05, 0) is 35.9 Å². The predicted octanol–water partition coefficient (Wildman–Crippen LogP) is 2.99. The summed E-state index contributed by atoms with van der Waals surface area (Å²) in [5.41, 5.74) is 1.08. The van der Waals surface area contributed by atoms with E-state index in [1.807, 2.05) is 6.07 Å². The Kier molecular flexibility index (Phi) is 7.76. The van der Waals surface area contributed by atoms with Crippen LogP contribution in [0.25, 0.3) is 0 Å². The normalized spacial score (nSPS) is 10.8. The van der Waals surface area contributed by atoms with Crippen molar-refractivity contribution >= 4 is 39.0 Å². The van der Waals surface area contributed by atoms with Crippen molar-refractivity contribution in [2.75, 3.05) is 24.3 Å². The van der Waals surface area contributed by atoms with Gasteiger partial charge in [-0.15, -0.1) is 0 Å². The molecule has 0 bridgehead atoms. The molecule has 2 aromatic carbocycles. The summed E-state index contributed by atoms with van der Waals surface area (Å²) in [7, 11) is -3.25. The SMILES string of the molecule is CS(=O)(=O)Cc1cccc(C(=O)OCC(=O)N(CCC#N)c2cccc(Cl)c2)c1. The maximum absolute atomic E-state index is 12.6. The van der Waals surface area contributed by atoms with Crippen LogP contribution < -0.4 is 4.90 Å². The summed E-state index contributed by atoms with van der Waals surface area (Å²) in [5, 5.41) is 9.26. The largest absolute Gasteiger partial charge is 0.452 e. The number of esters is 1. The smallest absolute Gasteiger partial charge is 0.338 e. The predicted molar refractivity (Wildman–Crippen MR) is 109 cm³/mol. The molecule has 0 spiro atoms. The van der Waals surface area contributed by atoms with Gasteiger partial charge in [-0.3, -0.25) is 4.79 Å². The van der Waals surface area contributed by atoms with E-state index in [0.29, 0.717) is 16.3 Å². The number of nitriles is 1. The van der Waals surface area contributed by atoms with Gasteiger partial charge in [0.25, 0.3) is 5.91 Å². The molecule has 0 fully saturated rings. The maximum Gasteiger partial charge on any atom is 0.338 e. The van der Waals surface area contributed by atoms with E-state index in [1.165, 1.54) is 17.0 Å². The monoisotopic (exact) mass is 434 g/mol. The second-order valence-corrected chi connectivity index (χ2v) is 8.86. The topological polar surface area (TPSA) is 105 Å². The molecule has 0 aliphatic rings. The fourth-order valence-corrected chi connectivity index (χ4v) is 3.55. The maximum atomic E-state index is 12.6. The summed E-state index contributed by atoms with van der Waals surface area (Å²) >= 11 is 5.96. The molecule has 0 atom stereocenters. The fourth-order valence-electron chi connectivity index (χ4n) is 2.58. The van der Waals surface area contributed by atoms with E-state index in [2.05, 4.69) is 0 Å². The van der Waals surface area contributed by atoms with Crippen LogP contribution in [0.1, 0.15) is 22.3 Å². The average Bonchev–Trinajstić information content (AvgIpc) is 2.65. The Morgan fingerprint density at radius 3 is 2.55 bits per heavy atom. The Morgan fingerprint density at radius 2 is 1.90 bits per heavy atom. The minimum atomic E-state index is -3.25. The van der Waals surface area contributed by atoms with E-state index in [0.717, 1.165) is 6.26 Å². The zero-order chi connectivity index (χ0) is 21.4. The van der Waals surface area contributed by atoms with Gasteiger partial charge in [0.05, 0.1) is 23.8 Å².